The van der Waals surface area contributed by atoms with Crippen molar-refractivity contribution >= 4 is 5.97 Å². The largest absolute Gasteiger partial charge is 0.466 e. The lowest BCUT2D eigenvalue weighted by Gasteiger charge is -2.17. The zero-order valence-corrected chi connectivity index (χ0v) is 13.1. The van der Waals surface area contributed by atoms with Gasteiger partial charge in [-0.3, -0.25) is 4.79 Å². The van der Waals surface area contributed by atoms with Crippen LogP contribution in [-0.2, 0) is 9.53 Å². The van der Waals surface area contributed by atoms with Crippen LogP contribution in [0.2, 0.25) is 0 Å². The van der Waals surface area contributed by atoms with E-state index in [4.69, 9.17) is 4.74 Å². The second-order valence-electron chi connectivity index (χ2n) is 5.01. The van der Waals surface area contributed by atoms with Gasteiger partial charge in [-0.2, -0.15) is 0 Å². The molecule has 19 heavy (non-hydrogen) atoms. The van der Waals surface area contributed by atoms with Gasteiger partial charge >= 0.3 is 5.97 Å². The molecule has 1 unspecified atom stereocenters. The maximum atomic E-state index is 11.8. The molecule has 0 saturated heterocycles. The van der Waals surface area contributed by atoms with Crippen molar-refractivity contribution in [1.82, 2.24) is 0 Å². The molecular formula is C17H28O2. The third-order valence-corrected chi connectivity index (χ3v) is 4.12. The Kier molecular flexibility index (Phi) is 6.33. The van der Waals surface area contributed by atoms with E-state index in [0.717, 1.165) is 25.7 Å². The van der Waals surface area contributed by atoms with Crippen LogP contribution < -0.4 is 0 Å². The van der Waals surface area contributed by atoms with Gasteiger partial charge in [0.05, 0.1) is 13.0 Å². The highest BCUT2D eigenvalue weighted by Gasteiger charge is 2.30. The van der Waals surface area contributed by atoms with Crippen molar-refractivity contribution in [2.75, 3.05) is 6.61 Å². The number of allylic oxidation sites excluding steroid dienone is 3. The zero-order chi connectivity index (χ0) is 14.4. The second-order valence-corrected chi connectivity index (χ2v) is 5.01. The molecule has 0 amide bonds. The first-order valence-corrected chi connectivity index (χ1v) is 7.74. The Balaban J connectivity index is 3.08. The van der Waals surface area contributed by atoms with Crippen LogP contribution in [0.4, 0.5) is 0 Å². The lowest BCUT2D eigenvalue weighted by molar-refractivity contribution is -0.142. The normalized spacial score (nSPS) is 19.3. The molecule has 0 bridgehead atoms. The van der Waals surface area contributed by atoms with Gasteiger partial charge in [-0.1, -0.05) is 33.3 Å². The minimum atomic E-state index is -0.0743. The fraction of sp³-hybridized carbons (Fsp3) is 0.706. The quantitative estimate of drug-likeness (QED) is 0.617. The topological polar surface area (TPSA) is 26.3 Å². The Morgan fingerprint density at radius 3 is 1.95 bits per heavy atom. The predicted molar refractivity (Wildman–Crippen MR) is 80.0 cm³/mol. The number of carbonyl (C=O) groups excluding carboxylic acids is 1. The molecule has 0 heterocycles. The number of ether oxygens (including phenoxy) is 1. The molecule has 2 nitrogen and oxygen atoms in total. The minimum Gasteiger partial charge on any atom is -0.466 e. The van der Waals surface area contributed by atoms with E-state index in [2.05, 4.69) is 27.7 Å². The van der Waals surface area contributed by atoms with Gasteiger partial charge in [0.15, 0.2) is 0 Å². The maximum absolute atomic E-state index is 11.8. The molecule has 0 aromatic rings. The van der Waals surface area contributed by atoms with Crippen molar-refractivity contribution in [3.8, 4) is 0 Å². The fourth-order valence-corrected chi connectivity index (χ4v) is 3.45. The SMILES string of the molecule is CCOC(=O)CC1=C(CC)C(CC)=C(CC)C1CC. The van der Waals surface area contributed by atoms with Crippen LogP contribution in [-0.4, -0.2) is 12.6 Å². The van der Waals surface area contributed by atoms with Gasteiger partial charge in [-0.15, -0.1) is 0 Å². The van der Waals surface area contributed by atoms with Crippen LogP contribution in [0, 0.1) is 5.92 Å². The van der Waals surface area contributed by atoms with Gasteiger partial charge in [0.2, 0.25) is 0 Å². The molecule has 0 aromatic heterocycles. The van der Waals surface area contributed by atoms with Gasteiger partial charge < -0.3 is 4.74 Å². The van der Waals surface area contributed by atoms with Gasteiger partial charge in [0.25, 0.3) is 0 Å². The Labute approximate surface area is 117 Å². The summed E-state index contributed by atoms with van der Waals surface area (Å²) in [4.78, 5) is 11.8. The average Bonchev–Trinajstić information content (AvgIpc) is 2.70. The molecule has 0 aromatic carbocycles. The summed E-state index contributed by atoms with van der Waals surface area (Å²) in [7, 11) is 0. The number of carbonyl (C=O) groups is 1. The van der Waals surface area contributed by atoms with Crippen molar-refractivity contribution in [3.63, 3.8) is 0 Å². The lowest BCUT2D eigenvalue weighted by atomic mass is 9.89. The van der Waals surface area contributed by atoms with Gasteiger partial charge in [0.1, 0.15) is 0 Å². The first-order chi connectivity index (χ1) is 9.14. The highest BCUT2D eigenvalue weighted by atomic mass is 16.5. The van der Waals surface area contributed by atoms with Crippen molar-refractivity contribution in [2.24, 2.45) is 5.92 Å². The third kappa shape index (κ3) is 3.29. The number of hydrogen-bond donors (Lipinski definition) is 0. The summed E-state index contributed by atoms with van der Waals surface area (Å²) in [5.41, 5.74) is 5.83. The molecule has 0 radical (unpaired) electrons. The van der Waals surface area contributed by atoms with E-state index in [1.165, 1.54) is 16.7 Å². The van der Waals surface area contributed by atoms with Gasteiger partial charge in [-0.05, 0) is 49.3 Å². The minimum absolute atomic E-state index is 0.0743. The van der Waals surface area contributed by atoms with E-state index in [1.54, 1.807) is 5.57 Å². The Morgan fingerprint density at radius 2 is 1.53 bits per heavy atom. The van der Waals surface area contributed by atoms with E-state index >= 15 is 0 Å². The van der Waals surface area contributed by atoms with Crippen LogP contribution >= 0.6 is 0 Å². The van der Waals surface area contributed by atoms with Crippen LogP contribution in [0.15, 0.2) is 22.3 Å². The monoisotopic (exact) mass is 264 g/mol. The highest BCUT2D eigenvalue weighted by Crippen LogP contribution is 2.44. The summed E-state index contributed by atoms with van der Waals surface area (Å²) in [6.45, 7) is 11.2. The first-order valence-electron chi connectivity index (χ1n) is 7.74. The van der Waals surface area contributed by atoms with Crippen LogP contribution in [0.1, 0.15) is 66.7 Å². The van der Waals surface area contributed by atoms with Crippen molar-refractivity contribution in [3.05, 3.63) is 22.3 Å². The molecule has 2 heteroatoms. The molecule has 1 rings (SSSR count). The first kappa shape index (κ1) is 16.0. The van der Waals surface area contributed by atoms with Gasteiger partial charge in [-0.25, -0.2) is 0 Å². The molecule has 0 spiro atoms. The third-order valence-electron chi connectivity index (χ3n) is 4.12. The standard InChI is InChI=1S/C17H28O2/c1-6-12-13(7-2)15(9-4)16(14(12)8-3)11-17(18)19-10-5/h14H,6-11H2,1-5H3. The Morgan fingerprint density at radius 1 is 0.947 bits per heavy atom. The number of rotatable bonds is 7. The molecule has 0 aliphatic heterocycles. The summed E-state index contributed by atoms with van der Waals surface area (Å²) >= 11 is 0. The lowest BCUT2D eigenvalue weighted by Crippen LogP contribution is -2.11. The van der Waals surface area contributed by atoms with E-state index < -0.39 is 0 Å². The van der Waals surface area contributed by atoms with Crippen molar-refractivity contribution in [1.29, 1.82) is 0 Å². The fourth-order valence-electron chi connectivity index (χ4n) is 3.45. The molecule has 1 aliphatic rings. The molecule has 108 valence electrons. The summed E-state index contributed by atoms with van der Waals surface area (Å²) in [6, 6.07) is 0. The van der Waals surface area contributed by atoms with Crippen LogP contribution in [0.5, 0.6) is 0 Å². The van der Waals surface area contributed by atoms with Gasteiger partial charge in [0, 0.05) is 5.92 Å². The predicted octanol–water partition coefficient (Wildman–Crippen LogP) is 4.80. The average molecular weight is 264 g/mol. The Bertz CT molecular complexity index is 388. The highest BCUT2D eigenvalue weighted by molar-refractivity contribution is 5.74. The molecular weight excluding hydrogens is 236 g/mol. The summed E-state index contributed by atoms with van der Waals surface area (Å²) in [5.74, 6) is 0.397. The molecule has 1 aliphatic carbocycles. The van der Waals surface area contributed by atoms with Crippen molar-refractivity contribution in [2.45, 2.75) is 66.7 Å². The number of esters is 1. The van der Waals surface area contributed by atoms with Crippen molar-refractivity contribution < 1.29 is 9.53 Å². The number of hydrogen-bond acceptors (Lipinski definition) is 2. The molecule has 0 saturated carbocycles. The summed E-state index contributed by atoms with van der Waals surface area (Å²) in [5, 5.41) is 0. The molecule has 1 atom stereocenters. The van der Waals surface area contributed by atoms with E-state index in [9.17, 15) is 4.79 Å². The molecule has 0 N–H and O–H groups in total. The zero-order valence-electron chi connectivity index (χ0n) is 13.1. The summed E-state index contributed by atoms with van der Waals surface area (Å²) in [6.07, 6.45) is 4.76. The van der Waals surface area contributed by atoms with E-state index in [-0.39, 0.29) is 5.97 Å². The second kappa shape index (κ2) is 7.52. The van der Waals surface area contributed by atoms with Crippen LogP contribution in [0.25, 0.3) is 0 Å². The Hall–Kier alpha value is -1.05. The van der Waals surface area contributed by atoms with E-state index in [1.807, 2.05) is 6.92 Å². The van der Waals surface area contributed by atoms with E-state index in [0.29, 0.717) is 18.9 Å². The molecule has 0 fully saturated rings. The smallest absolute Gasteiger partial charge is 0.309 e. The van der Waals surface area contributed by atoms with Crippen LogP contribution in [0.3, 0.4) is 0 Å². The maximum Gasteiger partial charge on any atom is 0.309 e. The summed E-state index contributed by atoms with van der Waals surface area (Å²) < 4.78 is 5.14.